The largest absolute Gasteiger partial charge is 0.366 e. The van der Waals surface area contributed by atoms with E-state index >= 15 is 0 Å². The summed E-state index contributed by atoms with van der Waals surface area (Å²) >= 11 is 0. The van der Waals surface area contributed by atoms with Crippen LogP contribution >= 0.6 is 0 Å². The van der Waals surface area contributed by atoms with E-state index in [0.29, 0.717) is 18.0 Å². The first-order valence-corrected chi connectivity index (χ1v) is 4.48. The molecule has 6 nitrogen and oxygen atoms in total. The van der Waals surface area contributed by atoms with Crippen LogP contribution in [0, 0.1) is 0 Å². The first-order chi connectivity index (χ1) is 7.16. The molecule has 0 radical (unpaired) electrons. The molecule has 6 heteroatoms. The average molecular weight is 205 g/mol. The molecule has 78 valence electrons. The number of nitrogens with zero attached hydrogens (tertiary/aromatic N) is 3. The number of anilines is 1. The molecule has 2 N–H and O–H groups in total. The molecule has 2 heterocycles. The molecular formula is C9H11N5O. The predicted octanol–water partition coefficient (Wildman–Crippen LogP) is 0.406. The third-order valence-electron chi connectivity index (χ3n) is 1.88. The van der Waals surface area contributed by atoms with Gasteiger partial charge in [0.15, 0.2) is 5.65 Å². The number of rotatable bonds is 3. The van der Waals surface area contributed by atoms with Crippen LogP contribution in [-0.4, -0.2) is 26.1 Å². The van der Waals surface area contributed by atoms with E-state index in [-0.39, 0.29) is 5.69 Å². The molecule has 0 amide bonds. The molecule has 0 unspecified atom stereocenters. The van der Waals surface area contributed by atoms with E-state index in [4.69, 9.17) is 0 Å². The zero-order valence-electron chi connectivity index (χ0n) is 8.32. The molecule has 0 aromatic carbocycles. The Hall–Kier alpha value is -2.11. The molecule has 0 spiro atoms. The van der Waals surface area contributed by atoms with Crippen LogP contribution in [0.3, 0.4) is 0 Å². The van der Waals surface area contributed by atoms with Crippen molar-refractivity contribution < 1.29 is 0 Å². The third kappa shape index (κ3) is 1.88. The molecule has 0 aliphatic carbocycles. The van der Waals surface area contributed by atoms with Crippen molar-refractivity contribution in [1.82, 2.24) is 19.6 Å². The van der Waals surface area contributed by atoms with Crippen molar-refractivity contribution in [3.63, 3.8) is 0 Å². The fourth-order valence-electron chi connectivity index (χ4n) is 1.15. The monoisotopic (exact) mass is 205 g/mol. The van der Waals surface area contributed by atoms with E-state index in [1.54, 1.807) is 6.07 Å². The fourth-order valence-corrected chi connectivity index (χ4v) is 1.15. The van der Waals surface area contributed by atoms with Crippen LogP contribution in [0.2, 0.25) is 0 Å². The molecule has 0 bridgehead atoms. The van der Waals surface area contributed by atoms with Gasteiger partial charge in [0.2, 0.25) is 0 Å². The summed E-state index contributed by atoms with van der Waals surface area (Å²) in [5.41, 5.74) is 1.26. The molecule has 0 fully saturated rings. The first-order valence-electron chi connectivity index (χ1n) is 4.48. The molecule has 2 aromatic rings. The van der Waals surface area contributed by atoms with Crippen LogP contribution in [-0.2, 0) is 0 Å². The van der Waals surface area contributed by atoms with Crippen molar-refractivity contribution in [3.05, 3.63) is 35.0 Å². The third-order valence-corrected chi connectivity index (χ3v) is 1.88. The lowest BCUT2D eigenvalue weighted by atomic mass is 10.3. The summed E-state index contributed by atoms with van der Waals surface area (Å²) in [6, 6.07) is 1.70. The number of aromatic amines is 1. The smallest absolute Gasteiger partial charge is 0.348 e. The second-order valence-corrected chi connectivity index (χ2v) is 3.34. The van der Waals surface area contributed by atoms with Crippen molar-refractivity contribution in [2.24, 2.45) is 0 Å². The zero-order chi connectivity index (χ0) is 10.8. The maximum Gasteiger partial charge on any atom is 0.348 e. The maximum atomic E-state index is 11.1. The molecule has 0 aliphatic heterocycles. The molecule has 0 saturated carbocycles. The van der Waals surface area contributed by atoms with E-state index in [0.717, 1.165) is 5.57 Å². The highest BCUT2D eigenvalue weighted by Gasteiger charge is 2.01. The van der Waals surface area contributed by atoms with Crippen molar-refractivity contribution in [3.8, 4) is 0 Å². The van der Waals surface area contributed by atoms with Crippen molar-refractivity contribution >= 4 is 11.5 Å². The van der Waals surface area contributed by atoms with Crippen LogP contribution in [0.1, 0.15) is 6.92 Å². The summed E-state index contributed by atoms with van der Waals surface area (Å²) in [6.07, 6.45) is 1.43. The molecular weight excluding hydrogens is 194 g/mol. The van der Waals surface area contributed by atoms with Gasteiger partial charge in [0.25, 0.3) is 0 Å². The van der Waals surface area contributed by atoms with Crippen LogP contribution in [0.5, 0.6) is 0 Å². The van der Waals surface area contributed by atoms with E-state index in [2.05, 4.69) is 27.1 Å². The van der Waals surface area contributed by atoms with Gasteiger partial charge < -0.3 is 5.32 Å². The van der Waals surface area contributed by atoms with Gasteiger partial charge in [0.1, 0.15) is 12.1 Å². The number of hydrogen-bond donors (Lipinski definition) is 2. The van der Waals surface area contributed by atoms with Gasteiger partial charge in [-0.3, -0.25) is 0 Å². The first kappa shape index (κ1) is 9.45. The van der Waals surface area contributed by atoms with Gasteiger partial charge in [-0.15, -0.1) is 0 Å². The summed E-state index contributed by atoms with van der Waals surface area (Å²) in [7, 11) is 0. The SMILES string of the molecule is C=C(C)CNc1cc2n[nH]c(=O)n2cn1. The number of hydrogen-bond acceptors (Lipinski definition) is 4. The van der Waals surface area contributed by atoms with Crippen molar-refractivity contribution in [1.29, 1.82) is 0 Å². The van der Waals surface area contributed by atoms with Gasteiger partial charge in [-0.2, -0.15) is 5.10 Å². The van der Waals surface area contributed by atoms with Gasteiger partial charge >= 0.3 is 5.69 Å². The van der Waals surface area contributed by atoms with Crippen molar-refractivity contribution in [2.75, 3.05) is 11.9 Å². The summed E-state index contributed by atoms with van der Waals surface area (Å²) in [5.74, 6) is 0.671. The van der Waals surface area contributed by atoms with Gasteiger partial charge in [0.05, 0.1) is 0 Å². The highest BCUT2D eigenvalue weighted by Crippen LogP contribution is 2.04. The number of fused-ring (bicyclic) bond motifs is 1. The quantitative estimate of drug-likeness (QED) is 0.711. The Balaban J connectivity index is 2.31. The predicted molar refractivity (Wildman–Crippen MR) is 56.9 cm³/mol. The van der Waals surface area contributed by atoms with E-state index in [9.17, 15) is 4.79 Å². The lowest BCUT2D eigenvalue weighted by Gasteiger charge is -2.03. The highest BCUT2D eigenvalue weighted by molar-refractivity contribution is 5.48. The van der Waals surface area contributed by atoms with Crippen LogP contribution in [0.25, 0.3) is 5.65 Å². The summed E-state index contributed by atoms with van der Waals surface area (Å²) in [4.78, 5) is 15.2. The topological polar surface area (TPSA) is 75.1 Å². The molecule has 15 heavy (non-hydrogen) atoms. The minimum Gasteiger partial charge on any atom is -0.366 e. The minimum absolute atomic E-state index is 0.288. The van der Waals surface area contributed by atoms with Gasteiger partial charge in [-0.1, -0.05) is 12.2 Å². The summed E-state index contributed by atoms with van der Waals surface area (Å²) < 4.78 is 1.34. The van der Waals surface area contributed by atoms with Crippen LogP contribution in [0.15, 0.2) is 29.3 Å². The molecule has 2 aromatic heterocycles. The lowest BCUT2D eigenvalue weighted by Crippen LogP contribution is -2.10. The molecule has 0 saturated heterocycles. The van der Waals surface area contributed by atoms with E-state index in [1.165, 1.54) is 10.7 Å². The maximum absolute atomic E-state index is 11.1. The van der Waals surface area contributed by atoms with Crippen LogP contribution < -0.4 is 11.0 Å². The zero-order valence-corrected chi connectivity index (χ0v) is 8.32. The number of H-pyrrole nitrogens is 1. The molecule has 0 atom stereocenters. The van der Waals surface area contributed by atoms with E-state index < -0.39 is 0 Å². The fraction of sp³-hybridized carbons (Fsp3) is 0.222. The normalized spacial score (nSPS) is 10.5. The van der Waals surface area contributed by atoms with Gasteiger partial charge in [-0.25, -0.2) is 19.3 Å². The molecule has 2 rings (SSSR count). The Bertz CT molecular complexity index is 553. The van der Waals surface area contributed by atoms with E-state index in [1.807, 2.05) is 6.92 Å². The Kier molecular flexibility index (Phi) is 2.24. The standard InChI is InChI=1S/C9H11N5O/c1-6(2)4-10-7-3-8-12-13-9(15)14(8)5-11-7/h3,5,10H,1,4H2,2H3,(H,13,15). The van der Waals surface area contributed by atoms with Crippen LogP contribution in [0.4, 0.5) is 5.82 Å². The number of aromatic nitrogens is 4. The van der Waals surface area contributed by atoms with Crippen molar-refractivity contribution in [2.45, 2.75) is 6.92 Å². The second-order valence-electron chi connectivity index (χ2n) is 3.34. The summed E-state index contributed by atoms with van der Waals surface area (Å²) in [5, 5.41) is 9.24. The Labute approximate surface area is 85.7 Å². The highest BCUT2D eigenvalue weighted by atomic mass is 16.1. The molecule has 0 aliphatic rings. The Morgan fingerprint density at radius 3 is 3.27 bits per heavy atom. The number of nitrogens with one attached hydrogen (secondary N) is 2. The van der Waals surface area contributed by atoms with Gasteiger partial charge in [0, 0.05) is 12.6 Å². The second kappa shape index (κ2) is 3.56. The average Bonchev–Trinajstić information content (AvgIpc) is 2.57. The minimum atomic E-state index is -0.288. The summed E-state index contributed by atoms with van der Waals surface area (Å²) in [6.45, 7) is 6.34. The Morgan fingerprint density at radius 1 is 1.73 bits per heavy atom. The lowest BCUT2D eigenvalue weighted by molar-refractivity contribution is 0.994. The van der Waals surface area contributed by atoms with Gasteiger partial charge in [-0.05, 0) is 6.92 Å². The Morgan fingerprint density at radius 2 is 2.53 bits per heavy atom.